The summed E-state index contributed by atoms with van der Waals surface area (Å²) in [6.07, 6.45) is 3.95. The van der Waals surface area contributed by atoms with Gasteiger partial charge in [-0.1, -0.05) is 29.8 Å². The van der Waals surface area contributed by atoms with Crippen molar-refractivity contribution in [3.63, 3.8) is 0 Å². The monoisotopic (exact) mass is 432 g/mol. The van der Waals surface area contributed by atoms with Gasteiger partial charge in [-0.25, -0.2) is 19.5 Å². The Balaban J connectivity index is 1.59. The van der Waals surface area contributed by atoms with Crippen molar-refractivity contribution < 1.29 is 0 Å². The Morgan fingerprint density at radius 1 is 1.16 bits per heavy atom. The Hall–Kier alpha value is -3.72. The van der Waals surface area contributed by atoms with Crippen LogP contribution < -0.4 is 10.5 Å². The van der Waals surface area contributed by atoms with E-state index in [1.54, 1.807) is 21.5 Å². The molecule has 0 saturated carbocycles. The summed E-state index contributed by atoms with van der Waals surface area (Å²) in [5.41, 5.74) is 3.09. The number of hydrogen-bond donors (Lipinski definition) is 1. The first kappa shape index (κ1) is 18.1. The van der Waals surface area contributed by atoms with Crippen molar-refractivity contribution >= 4 is 34.1 Å². The molecule has 5 heterocycles. The molecular formula is C21H17ClN8O. The second-order valence-corrected chi connectivity index (χ2v) is 7.93. The molecule has 0 radical (unpaired) electrons. The van der Waals surface area contributed by atoms with Crippen LogP contribution >= 0.6 is 11.6 Å². The Labute approximate surface area is 181 Å². The molecule has 154 valence electrons. The molecule has 0 spiro atoms. The lowest BCUT2D eigenvalue weighted by Crippen LogP contribution is -2.45. The summed E-state index contributed by atoms with van der Waals surface area (Å²) in [5, 5.41) is 5.27. The summed E-state index contributed by atoms with van der Waals surface area (Å²) in [5.74, 6) is 1.35. The van der Waals surface area contributed by atoms with E-state index in [4.69, 9.17) is 16.7 Å². The van der Waals surface area contributed by atoms with Crippen molar-refractivity contribution in [2.24, 2.45) is 0 Å². The second-order valence-electron chi connectivity index (χ2n) is 7.52. The number of aromatic amines is 1. The molecule has 1 atom stereocenters. The van der Waals surface area contributed by atoms with Crippen molar-refractivity contribution in [2.45, 2.75) is 19.4 Å². The van der Waals surface area contributed by atoms with Crippen molar-refractivity contribution in [3.05, 3.63) is 75.9 Å². The lowest BCUT2D eigenvalue weighted by molar-refractivity contribution is 0.423. The van der Waals surface area contributed by atoms with Gasteiger partial charge in [-0.3, -0.25) is 9.36 Å². The maximum absolute atomic E-state index is 13.6. The highest BCUT2D eigenvalue weighted by Gasteiger charge is 2.37. The molecule has 1 fully saturated rings. The van der Waals surface area contributed by atoms with Crippen LogP contribution in [0.4, 0.5) is 5.82 Å². The van der Waals surface area contributed by atoms with Gasteiger partial charge in [0.15, 0.2) is 17.3 Å². The lowest BCUT2D eigenvalue weighted by Gasteiger charge is -2.41. The number of aryl methyl sites for hydroxylation is 1. The van der Waals surface area contributed by atoms with Crippen LogP contribution in [0.3, 0.4) is 0 Å². The summed E-state index contributed by atoms with van der Waals surface area (Å²) in [6, 6.07) is 11.1. The van der Waals surface area contributed by atoms with E-state index in [1.165, 1.54) is 6.33 Å². The summed E-state index contributed by atoms with van der Waals surface area (Å²) >= 11 is 6.39. The first-order valence-electron chi connectivity index (χ1n) is 9.90. The fourth-order valence-electron chi connectivity index (χ4n) is 4.18. The number of nitrogens with zero attached hydrogens (tertiary/aromatic N) is 7. The van der Waals surface area contributed by atoms with Gasteiger partial charge in [-0.05, 0) is 31.5 Å². The molecule has 5 aromatic rings. The number of halogens is 1. The maximum atomic E-state index is 13.6. The van der Waals surface area contributed by atoms with Crippen LogP contribution in [0.2, 0.25) is 5.02 Å². The van der Waals surface area contributed by atoms with Crippen molar-refractivity contribution in [1.29, 1.82) is 0 Å². The van der Waals surface area contributed by atoms with Crippen molar-refractivity contribution in [3.8, 4) is 5.69 Å². The normalized spacial score (nSPS) is 16.2. The number of aromatic nitrogens is 7. The molecule has 1 saturated heterocycles. The van der Waals surface area contributed by atoms with E-state index in [9.17, 15) is 4.79 Å². The summed E-state index contributed by atoms with van der Waals surface area (Å²) in [4.78, 5) is 31.8. The minimum absolute atomic E-state index is 0.146. The number of para-hydroxylation sites is 1. The van der Waals surface area contributed by atoms with Gasteiger partial charge in [-0.2, -0.15) is 5.10 Å². The van der Waals surface area contributed by atoms with Gasteiger partial charge in [0.1, 0.15) is 17.4 Å². The number of anilines is 1. The minimum atomic E-state index is -0.200. The van der Waals surface area contributed by atoms with Gasteiger partial charge in [0.25, 0.3) is 5.56 Å². The van der Waals surface area contributed by atoms with Gasteiger partial charge in [0.05, 0.1) is 23.1 Å². The number of rotatable bonds is 3. The van der Waals surface area contributed by atoms with Gasteiger partial charge < -0.3 is 9.88 Å². The fraction of sp³-hybridized carbons (Fsp3) is 0.190. The zero-order valence-electron chi connectivity index (χ0n) is 16.5. The van der Waals surface area contributed by atoms with Gasteiger partial charge in [-0.15, -0.1) is 0 Å². The smallest absolute Gasteiger partial charge is 0.284 e. The molecule has 0 amide bonds. The maximum Gasteiger partial charge on any atom is 0.284 e. The topological polar surface area (TPSA) is 97.0 Å². The van der Waals surface area contributed by atoms with E-state index in [0.29, 0.717) is 27.5 Å². The molecule has 1 aliphatic heterocycles. The van der Waals surface area contributed by atoms with Crippen LogP contribution in [-0.2, 0) is 0 Å². The van der Waals surface area contributed by atoms with Crippen LogP contribution in [-0.4, -0.2) is 40.7 Å². The van der Waals surface area contributed by atoms with E-state index < -0.39 is 0 Å². The Kier molecular flexibility index (Phi) is 3.87. The number of hydrogen-bond acceptors (Lipinski definition) is 6. The molecular weight excluding hydrogens is 416 g/mol. The van der Waals surface area contributed by atoms with Crippen LogP contribution in [0, 0.1) is 6.92 Å². The Bertz CT molecular complexity index is 1500. The zero-order valence-corrected chi connectivity index (χ0v) is 17.3. The molecule has 0 aliphatic carbocycles. The van der Waals surface area contributed by atoms with Crippen molar-refractivity contribution in [1.82, 2.24) is 34.1 Å². The number of imidazole rings is 1. The molecule has 6 rings (SSSR count). The molecule has 4 aromatic heterocycles. The average molecular weight is 433 g/mol. The Morgan fingerprint density at radius 2 is 2.00 bits per heavy atom. The average Bonchev–Trinajstić information content (AvgIpc) is 3.33. The molecule has 1 aliphatic rings. The molecule has 9 nitrogen and oxygen atoms in total. The molecule has 31 heavy (non-hydrogen) atoms. The highest BCUT2D eigenvalue weighted by molar-refractivity contribution is 6.34. The number of benzene rings is 1. The van der Waals surface area contributed by atoms with Crippen LogP contribution in [0.25, 0.3) is 22.4 Å². The minimum Gasteiger partial charge on any atom is -0.344 e. The van der Waals surface area contributed by atoms with Crippen molar-refractivity contribution in [2.75, 3.05) is 11.4 Å². The number of nitrogens with one attached hydrogen (secondary N) is 1. The number of fused-ring (bicyclic) bond motifs is 2. The summed E-state index contributed by atoms with van der Waals surface area (Å²) in [6.45, 7) is 2.66. The summed E-state index contributed by atoms with van der Waals surface area (Å²) in [7, 11) is 0. The molecule has 1 aromatic carbocycles. The number of H-pyrrole nitrogens is 1. The zero-order chi connectivity index (χ0) is 21.1. The van der Waals surface area contributed by atoms with Crippen LogP contribution in [0.5, 0.6) is 0 Å². The van der Waals surface area contributed by atoms with Gasteiger partial charge in [0.2, 0.25) is 0 Å². The van der Waals surface area contributed by atoms with Gasteiger partial charge in [0, 0.05) is 12.2 Å². The van der Waals surface area contributed by atoms with E-state index in [0.717, 1.165) is 30.2 Å². The molecule has 0 bridgehead atoms. The van der Waals surface area contributed by atoms with E-state index in [-0.39, 0.29) is 11.6 Å². The van der Waals surface area contributed by atoms with E-state index in [2.05, 4.69) is 24.8 Å². The molecule has 1 N–H and O–H groups in total. The Morgan fingerprint density at radius 3 is 2.77 bits per heavy atom. The van der Waals surface area contributed by atoms with E-state index >= 15 is 0 Å². The third-order valence-electron chi connectivity index (χ3n) is 5.75. The SMILES string of the molecule is Cc1cc(Cl)c2c(=O)n(-c3ccccc3)c([C@@H]3CCN3c3ncnc4[nH]cnc34)nn12. The molecule has 0 unspecified atom stereocenters. The van der Waals surface area contributed by atoms with E-state index in [1.807, 2.05) is 37.3 Å². The van der Waals surface area contributed by atoms with Gasteiger partial charge >= 0.3 is 0 Å². The first-order valence-corrected chi connectivity index (χ1v) is 10.3. The highest BCUT2D eigenvalue weighted by Crippen LogP contribution is 2.38. The van der Waals surface area contributed by atoms with Crippen LogP contribution in [0.15, 0.2) is 53.8 Å². The lowest BCUT2D eigenvalue weighted by atomic mass is 10.0. The third-order valence-corrected chi connectivity index (χ3v) is 6.04. The first-order chi connectivity index (χ1) is 15.1. The summed E-state index contributed by atoms with van der Waals surface area (Å²) < 4.78 is 3.29. The predicted molar refractivity (Wildman–Crippen MR) is 117 cm³/mol. The predicted octanol–water partition coefficient (Wildman–Crippen LogP) is 3.06. The third kappa shape index (κ3) is 2.59. The molecule has 10 heteroatoms. The second kappa shape index (κ2) is 6.64. The highest BCUT2D eigenvalue weighted by atomic mass is 35.5. The standard InChI is InChI=1S/C21H17ClN8O/c1-12-9-14(22)17-21(31)29(13-5-3-2-4-6-13)19(27-30(12)17)15-7-8-28(15)20-16-18(24-10-23-16)25-11-26-20/h2-6,9-11,15H,7-8H2,1H3,(H,23,24,25,26)/t15-/m0/s1. The van der Waals surface area contributed by atoms with Crippen LogP contribution in [0.1, 0.15) is 24.0 Å². The quantitative estimate of drug-likeness (QED) is 0.470. The fourth-order valence-corrected chi connectivity index (χ4v) is 4.50. The largest absolute Gasteiger partial charge is 0.344 e.